The number of ether oxygens (including phenoxy) is 1. The average molecular weight is 267 g/mol. The van der Waals surface area contributed by atoms with Gasteiger partial charge in [0.05, 0.1) is 5.60 Å². The van der Waals surface area contributed by atoms with E-state index in [0.717, 1.165) is 38.2 Å². The van der Waals surface area contributed by atoms with Gasteiger partial charge in [0, 0.05) is 12.6 Å². The first-order valence-corrected chi connectivity index (χ1v) is 8.15. The second-order valence-corrected chi connectivity index (χ2v) is 6.21. The second kappa shape index (κ2) is 8.76. The lowest BCUT2D eigenvalue weighted by molar-refractivity contribution is -0.0902. The van der Waals surface area contributed by atoms with Crippen LogP contribution in [0.4, 0.5) is 0 Å². The third kappa shape index (κ3) is 5.27. The Balaban J connectivity index is 2.39. The fraction of sp³-hybridized carbons (Fsp3) is 0.882. The van der Waals surface area contributed by atoms with Crippen molar-refractivity contribution in [2.45, 2.75) is 83.3 Å². The largest absolute Gasteiger partial charge is 0.374 e. The van der Waals surface area contributed by atoms with Gasteiger partial charge in [-0.3, -0.25) is 0 Å². The Labute approximate surface area is 119 Å². The summed E-state index contributed by atoms with van der Waals surface area (Å²) >= 11 is 0. The van der Waals surface area contributed by atoms with Gasteiger partial charge in [-0.15, -0.1) is 6.58 Å². The Hall–Kier alpha value is -0.340. The van der Waals surface area contributed by atoms with Crippen LogP contribution in [-0.4, -0.2) is 18.2 Å². The fourth-order valence-corrected chi connectivity index (χ4v) is 3.25. The first kappa shape index (κ1) is 16.7. The van der Waals surface area contributed by atoms with Crippen LogP contribution in [0.1, 0.15) is 71.6 Å². The molecule has 0 spiro atoms. The van der Waals surface area contributed by atoms with Gasteiger partial charge in [0.2, 0.25) is 0 Å². The van der Waals surface area contributed by atoms with Gasteiger partial charge in [0.25, 0.3) is 0 Å². The molecule has 0 heterocycles. The molecule has 1 aliphatic carbocycles. The summed E-state index contributed by atoms with van der Waals surface area (Å²) < 4.78 is 6.12. The van der Waals surface area contributed by atoms with Crippen molar-refractivity contribution in [1.29, 1.82) is 0 Å². The molecule has 0 aromatic heterocycles. The van der Waals surface area contributed by atoms with Crippen molar-refractivity contribution in [3.63, 3.8) is 0 Å². The third-order valence-corrected chi connectivity index (χ3v) is 4.65. The van der Waals surface area contributed by atoms with Crippen LogP contribution in [0, 0.1) is 5.92 Å². The summed E-state index contributed by atoms with van der Waals surface area (Å²) in [4.78, 5) is 0. The third-order valence-electron chi connectivity index (χ3n) is 4.65. The molecule has 0 amide bonds. The Morgan fingerprint density at radius 3 is 2.58 bits per heavy atom. The van der Waals surface area contributed by atoms with Crippen molar-refractivity contribution in [2.75, 3.05) is 6.61 Å². The standard InChI is InChI=1S/C17H33NO/c1-4-6-7-8-9-10-16(18)17(19-5-2)13-11-15(3)12-14-17/h4,15-16H,1,5-14,18H2,2-3H3. The van der Waals surface area contributed by atoms with Crippen molar-refractivity contribution in [3.8, 4) is 0 Å². The molecule has 0 saturated heterocycles. The van der Waals surface area contributed by atoms with Crippen molar-refractivity contribution >= 4 is 0 Å². The van der Waals surface area contributed by atoms with Crippen LogP contribution in [0.15, 0.2) is 12.7 Å². The van der Waals surface area contributed by atoms with Crippen LogP contribution >= 0.6 is 0 Å². The maximum atomic E-state index is 6.48. The van der Waals surface area contributed by atoms with Crippen molar-refractivity contribution < 1.29 is 4.74 Å². The summed E-state index contributed by atoms with van der Waals surface area (Å²) in [6.45, 7) is 8.99. The lowest BCUT2D eigenvalue weighted by Gasteiger charge is -2.43. The molecule has 2 nitrogen and oxygen atoms in total. The minimum Gasteiger partial charge on any atom is -0.374 e. The minimum absolute atomic E-state index is 0.0281. The Kier molecular flexibility index (Phi) is 7.70. The zero-order chi connectivity index (χ0) is 14.1. The van der Waals surface area contributed by atoms with E-state index in [0.29, 0.717) is 0 Å². The summed E-state index contributed by atoms with van der Waals surface area (Å²) in [6, 6.07) is 0.212. The molecule has 1 aliphatic rings. The van der Waals surface area contributed by atoms with Crippen LogP contribution in [0.25, 0.3) is 0 Å². The Morgan fingerprint density at radius 2 is 2.00 bits per heavy atom. The predicted octanol–water partition coefficient (Wildman–Crippen LogP) is 4.44. The van der Waals surface area contributed by atoms with Gasteiger partial charge < -0.3 is 10.5 Å². The summed E-state index contributed by atoms with van der Waals surface area (Å²) in [6.07, 6.45) is 12.8. The van der Waals surface area contributed by atoms with Gasteiger partial charge in [0.1, 0.15) is 0 Å². The highest BCUT2D eigenvalue weighted by atomic mass is 16.5. The predicted molar refractivity (Wildman–Crippen MR) is 83.2 cm³/mol. The van der Waals surface area contributed by atoms with E-state index in [1.54, 1.807) is 0 Å². The van der Waals surface area contributed by atoms with Crippen LogP contribution < -0.4 is 5.73 Å². The molecule has 2 heteroatoms. The smallest absolute Gasteiger partial charge is 0.0832 e. The maximum absolute atomic E-state index is 6.48. The van der Waals surface area contributed by atoms with Gasteiger partial charge in [-0.1, -0.05) is 25.8 Å². The van der Waals surface area contributed by atoms with E-state index in [-0.39, 0.29) is 11.6 Å². The molecule has 112 valence electrons. The molecule has 1 atom stereocenters. The highest BCUT2D eigenvalue weighted by Crippen LogP contribution is 2.38. The lowest BCUT2D eigenvalue weighted by Crippen LogP contribution is -2.52. The minimum atomic E-state index is -0.0281. The topological polar surface area (TPSA) is 35.2 Å². The zero-order valence-electron chi connectivity index (χ0n) is 13.0. The Bertz CT molecular complexity index is 244. The molecule has 1 saturated carbocycles. The van der Waals surface area contributed by atoms with Gasteiger partial charge in [0.15, 0.2) is 0 Å². The van der Waals surface area contributed by atoms with Crippen LogP contribution in [0.5, 0.6) is 0 Å². The van der Waals surface area contributed by atoms with Gasteiger partial charge in [-0.2, -0.15) is 0 Å². The molecule has 0 aromatic rings. The lowest BCUT2D eigenvalue weighted by atomic mass is 9.74. The highest BCUT2D eigenvalue weighted by Gasteiger charge is 2.39. The molecular weight excluding hydrogens is 234 g/mol. The van der Waals surface area contributed by atoms with E-state index in [1.807, 2.05) is 6.08 Å². The average Bonchev–Trinajstić information content (AvgIpc) is 2.41. The van der Waals surface area contributed by atoms with E-state index in [1.165, 1.54) is 32.1 Å². The zero-order valence-corrected chi connectivity index (χ0v) is 13.0. The first-order valence-electron chi connectivity index (χ1n) is 8.15. The molecule has 1 unspecified atom stereocenters. The number of hydrogen-bond donors (Lipinski definition) is 1. The fourth-order valence-electron chi connectivity index (χ4n) is 3.25. The molecule has 0 aromatic carbocycles. The quantitative estimate of drug-likeness (QED) is 0.495. The number of unbranched alkanes of at least 4 members (excludes halogenated alkanes) is 3. The number of hydrogen-bond acceptors (Lipinski definition) is 2. The normalized spacial score (nSPS) is 29.1. The van der Waals surface area contributed by atoms with Crippen LogP contribution in [0.2, 0.25) is 0 Å². The number of rotatable bonds is 9. The van der Waals surface area contributed by atoms with Crippen LogP contribution in [-0.2, 0) is 4.74 Å². The van der Waals surface area contributed by atoms with E-state index in [2.05, 4.69) is 20.4 Å². The van der Waals surface area contributed by atoms with Crippen molar-refractivity contribution in [1.82, 2.24) is 0 Å². The van der Waals surface area contributed by atoms with E-state index in [9.17, 15) is 0 Å². The number of nitrogens with two attached hydrogens (primary N) is 1. The van der Waals surface area contributed by atoms with Crippen molar-refractivity contribution in [3.05, 3.63) is 12.7 Å². The van der Waals surface area contributed by atoms with E-state index >= 15 is 0 Å². The monoisotopic (exact) mass is 267 g/mol. The summed E-state index contributed by atoms with van der Waals surface area (Å²) in [5, 5.41) is 0. The Morgan fingerprint density at radius 1 is 1.32 bits per heavy atom. The summed E-state index contributed by atoms with van der Waals surface area (Å²) in [5.41, 5.74) is 6.46. The van der Waals surface area contributed by atoms with Crippen LogP contribution in [0.3, 0.4) is 0 Å². The molecule has 1 fully saturated rings. The molecule has 19 heavy (non-hydrogen) atoms. The summed E-state index contributed by atoms with van der Waals surface area (Å²) in [5.74, 6) is 0.841. The van der Waals surface area contributed by atoms with E-state index in [4.69, 9.17) is 10.5 Å². The molecule has 0 bridgehead atoms. The first-order chi connectivity index (χ1) is 9.14. The highest BCUT2D eigenvalue weighted by molar-refractivity contribution is 4.95. The molecule has 0 aliphatic heterocycles. The molecular formula is C17H33NO. The number of allylic oxidation sites excluding steroid dienone is 1. The van der Waals surface area contributed by atoms with Gasteiger partial charge >= 0.3 is 0 Å². The van der Waals surface area contributed by atoms with E-state index < -0.39 is 0 Å². The van der Waals surface area contributed by atoms with Gasteiger partial charge in [-0.25, -0.2) is 0 Å². The van der Waals surface area contributed by atoms with Crippen molar-refractivity contribution in [2.24, 2.45) is 11.7 Å². The summed E-state index contributed by atoms with van der Waals surface area (Å²) in [7, 11) is 0. The van der Waals surface area contributed by atoms with Gasteiger partial charge in [-0.05, 0) is 57.8 Å². The SMILES string of the molecule is C=CCCCCCC(N)C1(OCC)CCC(C)CC1. The molecule has 0 radical (unpaired) electrons. The maximum Gasteiger partial charge on any atom is 0.0832 e. The molecule has 2 N–H and O–H groups in total. The second-order valence-electron chi connectivity index (χ2n) is 6.21. The molecule has 1 rings (SSSR count).